The Balaban J connectivity index is 1.86. The molecule has 0 spiro atoms. The van der Waals surface area contributed by atoms with Crippen LogP contribution in [-0.4, -0.2) is 54.2 Å². The van der Waals surface area contributed by atoms with Gasteiger partial charge in [-0.25, -0.2) is 0 Å². The lowest BCUT2D eigenvalue weighted by Crippen LogP contribution is -2.40. The number of hydrogen-bond acceptors (Lipinski definition) is 5. The minimum absolute atomic E-state index is 0.0235. The summed E-state index contributed by atoms with van der Waals surface area (Å²) < 4.78 is 11.3. The maximum absolute atomic E-state index is 12.5. The summed E-state index contributed by atoms with van der Waals surface area (Å²) in [6, 6.07) is 16.7. The highest BCUT2D eigenvalue weighted by Crippen LogP contribution is 2.12. The molecule has 0 heterocycles. The minimum Gasteiger partial charge on any atom is -0.508 e. The molecule has 0 aliphatic carbocycles. The molecule has 6 nitrogen and oxygen atoms in total. The first-order valence-corrected chi connectivity index (χ1v) is 10.4. The smallest absolute Gasteiger partial charge is 0.220 e. The summed E-state index contributed by atoms with van der Waals surface area (Å²) in [5.41, 5.74) is 2.13. The second-order valence-electron chi connectivity index (χ2n) is 7.65. The SMILES string of the molecule is CC(O)CO[C@@H](C)COCC(Cc1ccc(O)cc1)NC(=O)CCc1ccccc1. The van der Waals surface area contributed by atoms with Crippen molar-refractivity contribution in [1.82, 2.24) is 5.32 Å². The summed E-state index contributed by atoms with van der Waals surface area (Å²) in [5, 5.41) is 21.8. The third-order valence-electron chi connectivity index (χ3n) is 4.56. The zero-order chi connectivity index (χ0) is 21.8. The highest BCUT2D eigenvalue weighted by Gasteiger charge is 2.15. The van der Waals surface area contributed by atoms with Gasteiger partial charge in [0.15, 0.2) is 0 Å². The Bertz CT molecular complexity index is 733. The zero-order valence-corrected chi connectivity index (χ0v) is 17.8. The molecular formula is C24H33NO5. The van der Waals surface area contributed by atoms with E-state index < -0.39 is 6.10 Å². The van der Waals surface area contributed by atoms with Crippen LogP contribution < -0.4 is 5.32 Å². The van der Waals surface area contributed by atoms with Gasteiger partial charge in [-0.05, 0) is 49.9 Å². The van der Waals surface area contributed by atoms with E-state index in [1.165, 1.54) is 0 Å². The van der Waals surface area contributed by atoms with Gasteiger partial charge < -0.3 is 25.0 Å². The van der Waals surface area contributed by atoms with Crippen LogP contribution in [0.2, 0.25) is 0 Å². The van der Waals surface area contributed by atoms with Crippen LogP contribution in [0.4, 0.5) is 0 Å². The number of aryl methyl sites for hydroxylation is 1. The van der Waals surface area contributed by atoms with E-state index in [1.54, 1.807) is 19.1 Å². The molecule has 3 N–H and O–H groups in total. The molecule has 0 radical (unpaired) electrons. The van der Waals surface area contributed by atoms with Crippen LogP contribution in [0.25, 0.3) is 0 Å². The minimum atomic E-state index is -0.515. The first kappa shape index (κ1) is 23.9. The first-order valence-electron chi connectivity index (χ1n) is 10.4. The fraction of sp³-hybridized carbons (Fsp3) is 0.458. The van der Waals surface area contributed by atoms with E-state index in [4.69, 9.17) is 9.47 Å². The van der Waals surface area contributed by atoms with E-state index in [0.29, 0.717) is 32.5 Å². The summed E-state index contributed by atoms with van der Waals surface area (Å²) in [6.07, 6.45) is 1.02. The summed E-state index contributed by atoms with van der Waals surface area (Å²) >= 11 is 0. The number of amides is 1. The lowest BCUT2D eigenvalue weighted by molar-refractivity contribution is -0.122. The average Bonchev–Trinajstić information content (AvgIpc) is 2.73. The number of benzene rings is 2. The fourth-order valence-electron chi connectivity index (χ4n) is 3.00. The Morgan fingerprint density at radius 1 is 0.967 bits per heavy atom. The van der Waals surface area contributed by atoms with Crippen LogP contribution in [0.15, 0.2) is 54.6 Å². The van der Waals surface area contributed by atoms with Crippen LogP contribution in [0.1, 0.15) is 31.4 Å². The van der Waals surface area contributed by atoms with Gasteiger partial charge >= 0.3 is 0 Å². The molecule has 0 aliphatic rings. The number of rotatable bonds is 13. The normalized spacial score (nSPS) is 14.1. The monoisotopic (exact) mass is 415 g/mol. The van der Waals surface area contributed by atoms with Crippen molar-refractivity contribution in [2.75, 3.05) is 19.8 Å². The third kappa shape index (κ3) is 9.87. The Hall–Kier alpha value is -2.41. The quantitative estimate of drug-likeness (QED) is 0.468. The molecular weight excluding hydrogens is 382 g/mol. The highest BCUT2D eigenvalue weighted by atomic mass is 16.5. The lowest BCUT2D eigenvalue weighted by Gasteiger charge is -2.21. The fourth-order valence-corrected chi connectivity index (χ4v) is 3.00. The zero-order valence-electron chi connectivity index (χ0n) is 17.8. The van der Waals surface area contributed by atoms with E-state index in [0.717, 1.165) is 11.1 Å². The van der Waals surface area contributed by atoms with Crippen molar-refractivity contribution < 1.29 is 24.5 Å². The molecule has 1 amide bonds. The molecule has 0 bridgehead atoms. The molecule has 164 valence electrons. The number of aliphatic hydroxyl groups is 1. The Morgan fingerprint density at radius 2 is 1.67 bits per heavy atom. The van der Waals surface area contributed by atoms with Crippen molar-refractivity contribution in [1.29, 1.82) is 0 Å². The second-order valence-corrected chi connectivity index (χ2v) is 7.65. The highest BCUT2D eigenvalue weighted by molar-refractivity contribution is 5.76. The van der Waals surface area contributed by atoms with Crippen LogP contribution in [0.5, 0.6) is 5.75 Å². The molecule has 0 saturated heterocycles. The number of ether oxygens (including phenoxy) is 2. The van der Waals surface area contributed by atoms with Crippen LogP contribution in [-0.2, 0) is 27.1 Å². The van der Waals surface area contributed by atoms with Crippen LogP contribution >= 0.6 is 0 Å². The molecule has 0 aliphatic heterocycles. The Morgan fingerprint density at radius 3 is 2.33 bits per heavy atom. The summed E-state index contributed by atoms with van der Waals surface area (Å²) in [4.78, 5) is 12.5. The van der Waals surface area contributed by atoms with Crippen molar-refractivity contribution in [2.24, 2.45) is 0 Å². The van der Waals surface area contributed by atoms with Gasteiger partial charge in [0.25, 0.3) is 0 Å². The lowest BCUT2D eigenvalue weighted by atomic mass is 10.1. The standard InChI is InChI=1S/C24H33NO5/c1-18(26)15-30-19(2)16-29-17-22(14-21-8-11-23(27)12-9-21)25-24(28)13-10-20-6-4-3-5-7-20/h3-9,11-12,18-19,22,26-27H,10,13-17H2,1-2H3,(H,25,28)/t18?,19-,22?/m0/s1. The molecule has 2 rings (SSSR count). The molecule has 6 heteroatoms. The second kappa shape index (κ2) is 13.0. The number of carbonyl (C=O) groups is 1. The number of aliphatic hydroxyl groups excluding tert-OH is 1. The van der Waals surface area contributed by atoms with Crippen molar-refractivity contribution in [3.05, 3.63) is 65.7 Å². The maximum atomic E-state index is 12.5. The number of phenolic OH excluding ortho intramolecular Hbond substituents is 1. The van der Waals surface area contributed by atoms with Crippen molar-refractivity contribution in [3.8, 4) is 5.75 Å². The van der Waals surface area contributed by atoms with Gasteiger partial charge in [0, 0.05) is 6.42 Å². The van der Waals surface area contributed by atoms with Crippen LogP contribution in [0.3, 0.4) is 0 Å². The Kier molecular flexibility index (Phi) is 10.3. The van der Waals surface area contributed by atoms with Gasteiger partial charge in [-0.2, -0.15) is 0 Å². The van der Waals surface area contributed by atoms with Gasteiger partial charge in [-0.3, -0.25) is 4.79 Å². The summed E-state index contributed by atoms with van der Waals surface area (Å²) in [7, 11) is 0. The number of phenols is 1. The number of hydrogen-bond donors (Lipinski definition) is 3. The van der Waals surface area contributed by atoms with E-state index in [2.05, 4.69) is 5.32 Å². The largest absolute Gasteiger partial charge is 0.508 e. The van der Waals surface area contributed by atoms with E-state index in [1.807, 2.05) is 49.4 Å². The molecule has 0 aromatic heterocycles. The number of nitrogens with one attached hydrogen (secondary N) is 1. The van der Waals surface area contributed by atoms with Crippen molar-refractivity contribution >= 4 is 5.91 Å². The predicted molar refractivity (Wildman–Crippen MR) is 116 cm³/mol. The van der Waals surface area contributed by atoms with E-state index in [9.17, 15) is 15.0 Å². The first-order chi connectivity index (χ1) is 14.4. The van der Waals surface area contributed by atoms with Crippen molar-refractivity contribution in [3.63, 3.8) is 0 Å². The molecule has 30 heavy (non-hydrogen) atoms. The molecule has 2 unspecified atom stereocenters. The van der Waals surface area contributed by atoms with Crippen molar-refractivity contribution in [2.45, 2.75) is 51.4 Å². The number of aromatic hydroxyl groups is 1. The van der Waals surface area contributed by atoms with E-state index in [-0.39, 0.29) is 30.4 Å². The van der Waals surface area contributed by atoms with Gasteiger partial charge in [0.2, 0.25) is 5.91 Å². The van der Waals surface area contributed by atoms with E-state index >= 15 is 0 Å². The van der Waals surface area contributed by atoms with Crippen LogP contribution in [0, 0.1) is 0 Å². The molecule has 2 aromatic carbocycles. The summed E-state index contributed by atoms with van der Waals surface area (Å²) in [5.74, 6) is 0.187. The maximum Gasteiger partial charge on any atom is 0.220 e. The van der Waals surface area contributed by atoms with Gasteiger partial charge in [0.05, 0.1) is 38.1 Å². The van der Waals surface area contributed by atoms with Gasteiger partial charge in [-0.15, -0.1) is 0 Å². The topological polar surface area (TPSA) is 88.0 Å². The van der Waals surface area contributed by atoms with Gasteiger partial charge in [-0.1, -0.05) is 42.5 Å². The number of carbonyl (C=O) groups excluding carboxylic acids is 1. The van der Waals surface area contributed by atoms with Gasteiger partial charge in [0.1, 0.15) is 5.75 Å². The molecule has 0 fully saturated rings. The third-order valence-corrected chi connectivity index (χ3v) is 4.56. The average molecular weight is 416 g/mol. The Labute approximate surface area is 178 Å². The molecule has 3 atom stereocenters. The molecule has 2 aromatic rings. The predicted octanol–water partition coefficient (Wildman–Crippen LogP) is 2.85. The molecule has 0 saturated carbocycles. The summed E-state index contributed by atoms with van der Waals surface area (Å²) in [6.45, 7) is 4.54.